The molecule has 0 amide bonds. The molecule has 0 spiro atoms. The summed E-state index contributed by atoms with van der Waals surface area (Å²) >= 11 is 1.14. The Kier molecular flexibility index (Phi) is 6.04. The summed E-state index contributed by atoms with van der Waals surface area (Å²) < 4.78 is 9.42. The molecule has 0 radical (unpaired) electrons. The van der Waals surface area contributed by atoms with Crippen LogP contribution in [0.15, 0.2) is 91.0 Å². The van der Waals surface area contributed by atoms with Gasteiger partial charge in [0, 0.05) is 32.8 Å². The highest BCUT2D eigenvalue weighted by Gasteiger charge is 2.21. The summed E-state index contributed by atoms with van der Waals surface area (Å²) in [5.41, 5.74) is 7.82. The normalized spacial score (nSPS) is 10.7. The van der Waals surface area contributed by atoms with Crippen LogP contribution >= 0.6 is 11.7 Å². The SMILES string of the molecule is N#Cc1cccc(-c2nc3cc(-c4c(C#N)cc(C#N)cc4C#N)ccc3c3c2cc(-c2ccccc2)c2nsnc23)c1. The van der Waals surface area contributed by atoms with Crippen molar-refractivity contribution in [2.24, 2.45) is 0 Å². The smallest absolute Gasteiger partial charge is 0.114 e. The topological polar surface area (TPSA) is 134 Å². The second kappa shape index (κ2) is 10.2. The number of benzene rings is 5. The van der Waals surface area contributed by atoms with Gasteiger partial charge < -0.3 is 0 Å². The maximum Gasteiger partial charge on any atom is 0.114 e. The first kappa shape index (κ1) is 25.5. The number of aromatic nitrogens is 3. The van der Waals surface area contributed by atoms with Crippen molar-refractivity contribution in [1.82, 2.24) is 13.7 Å². The number of pyridine rings is 1. The summed E-state index contributed by atoms with van der Waals surface area (Å²) in [6.45, 7) is 0. The lowest BCUT2D eigenvalue weighted by Gasteiger charge is -2.15. The average molecular weight is 566 g/mol. The van der Waals surface area contributed by atoms with Crippen LogP contribution in [-0.2, 0) is 0 Å². The van der Waals surface area contributed by atoms with E-state index in [1.807, 2.05) is 72.8 Å². The molecule has 2 heterocycles. The Morgan fingerprint density at radius 3 is 2.00 bits per heavy atom. The van der Waals surface area contributed by atoms with Crippen molar-refractivity contribution in [2.75, 3.05) is 0 Å². The van der Waals surface area contributed by atoms with Crippen LogP contribution in [0.1, 0.15) is 22.3 Å². The van der Waals surface area contributed by atoms with Crippen LogP contribution in [0.5, 0.6) is 0 Å². The lowest BCUT2D eigenvalue weighted by atomic mass is 9.90. The third kappa shape index (κ3) is 4.12. The first-order valence-electron chi connectivity index (χ1n) is 13.1. The molecule has 0 saturated carbocycles. The zero-order chi connectivity index (χ0) is 29.5. The van der Waals surface area contributed by atoms with Gasteiger partial charge in [0.05, 0.1) is 69.5 Å². The maximum atomic E-state index is 9.91. The average Bonchev–Trinajstić information content (AvgIpc) is 3.57. The minimum atomic E-state index is 0.233. The molecule has 2 aromatic heterocycles. The van der Waals surface area contributed by atoms with Gasteiger partial charge in [0.25, 0.3) is 0 Å². The molecular weight excluding hydrogens is 551 g/mol. The summed E-state index contributed by atoms with van der Waals surface area (Å²) in [6, 6.07) is 36.6. The van der Waals surface area contributed by atoms with Gasteiger partial charge in [-0.25, -0.2) is 4.98 Å². The fourth-order valence-electron chi connectivity index (χ4n) is 5.56. The van der Waals surface area contributed by atoms with Crippen LogP contribution in [0.3, 0.4) is 0 Å². The van der Waals surface area contributed by atoms with Gasteiger partial charge in [0.1, 0.15) is 11.0 Å². The summed E-state index contributed by atoms with van der Waals surface area (Å²) in [5.74, 6) is 0. The predicted molar refractivity (Wildman–Crippen MR) is 165 cm³/mol. The lowest BCUT2D eigenvalue weighted by Crippen LogP contribution is -1.95. The number of hydrogen-bond donors (Lipinski definition) is 0. The van der Waals surface area contributed by atoms with Crippen molar-refractivity contribution in [3.05, 3.63) is 113 Å². The number of nitrogens with zero attached hydrogens (tertiary/aromatic N) is 7. The van der Waals surface area contributed by atoms with E-state index < -0.39 is 0 Å². The molecule has 0 aliphatic heterocycles. The van der Waals surface area contributed by atoms with E-state index in [4.69, 9.17) is 9.36 Å². The molecule has 7 nitrogen and oxygen atoms in total. The third-order valence-electron chi connectivity index (χ3n) is 7.44. The minimum Gasteiger partial charge on any atom is -0.247 e. The van der Waals surface area contributed by atoms with Crippen LogP contribution < -0.4 is 0 Å². The Bertz CT molecular complexity index is 2420. The molecule has 7 aromatic rings. The molecule has 7 rings (SSSR count). The first-order valence-corrected chi connectivity index (χ1v) is 13.8. The van der Waals surface area contributed by atoms with Crippen LogP contribution in [0, 0.1) is 45.3 Å². The van der Waals surface area contributed by atoms with Crippen molar-refractivity contribution < 1.29 is 0 Å². The van der Waals surface area contributed by atoms with Gasteiger partial charge >= 0.3 is 0 Å². The van der Waals surface area contributed by atoms with E-state index in [2.05, 4.69) is 28.6 Å². The fraction of sp³-hybridized carbons (Fsp3) is 0. The van der Waals surface area contributed by atoms with Gasteiger partial charge in [0.15, 0.2) is 0 Å². The van der Waals surface area contributed by atoms with E-state index in [1.54, 1.807) is 6.07 Å². The van der Waals surface area contributed by atoms with Gasteiger partial charge in [-0.3, -0.25) is 0 Å². The quantitative estimate of drug-likeness (QED) is 0.199. The molecule has 0 bridgehead atoms. The zero-order valence-corrected chi connectivity index (χ0v) is 23.0. The van der Waals surface area contributed by atoms with Gasteiger partial charge in [-0.2, -0.15) is 29.8 Å². The Hall–Kier alpha value is -6.45. The molecule has 5 aromatic carbocycles. The number of hydrogen-bond acceptors (Lipinski definition) is 8. The van der Waals surface area contributed by atoms with E-state index in [9.17, 15) is 21.0 Å². The molecule has 0 N–H and O–H groups in total. The fourth-order valence-corrected chi connectivity index (χ4v) is 6.13. The molecule has 0 unspecified atom stereocenters. The summed E-state index contributed by atoms with van der Waals surface area (Å²) in [5, 5.41) is 41.4. The van der Waals surface area contributed by atoms with Gasteiger partial charge in [-0.15, -0.1) is 0 Å². The first-order chi connectivity index (χ1) is 21.1. The molecule has 0 aliphatic rings. The second-order valence-corrected chi connectivity index (χ2v) is 10.4. The van der Waals surface area contributed by atoms with Crippen molar-refractivity contribution in [3.8, 4) is 57.8 Å². The van der Waals surface area contributed by atoms with Crippen LogP contribution in [0.2, 0.25) is 0 Å². The highest BCUT2D eigenvalue weighted by atomic mass is 32.1. The van der Waals surface area contributed by atoms with Gasteiger partial charge in [0.2, 0.25) is 0 Å². The van der Waals surface area contributed by atoms with Gasteiger partial charge in [-0.05, 0) is 47.5 Å². The lowest BCUT2D eigenvalue weighted by molar-refractivity contribution is 1.40. The number of fused-ring (bicyclic) bond motifs is 5. The molecule has 0 fully saturated rings. The second-order valence-electron chi connectivity index (χ2n) is 9.84. The standard InChI is InChI=1S/C35H15N7S/c36-16-20-5-4-8-24(11-20)33-29-15-28(22-6-2-1-3-7-22)34-35(42-43-41-34)32(29)27-10-9-23(14-30(27)40-33)31-25(18-38)12-21(17-37)13-26(31)19-39/h1-15H. The Morgan fingerprint density at radius 1 is 0.558 bits per heavy atom. The van der Waals surface area contributed by atoms with Crippen molar-refractivity contribution >= 4 is 44.4 Å². The highest BCUT2D eigenvalue weighted by Crippen LogP contribution is 2.42. The number of nitriles is 4. The molecule has 196 valence electrons. The Morgan fingerprint density at radius 2 is 1.28 bits per heavy atom. The molecule has 43 heavy (non-hydrogen) atoms. The molecular formula is C35H15N7S. The summed E-state index contributed by atoms with van der Waals surface area (Å²) in [7, 11) is 0. The van der Waals surface area contributed by atoms with Crippen molar-refractivity contribution in [1.29, 1.82) is 21.0 Å². The summed E-state index contributed by atoms with van der Waals surface area (Å²) in [4.78, 5) is 5.13. The molecule has 0 atom stereocenters. The maximum absolute atomic E-state index is 9.91. The van der Waals surface area contributed by atoms with E-state index in [0.717, 1.165) is 55.6 Å². The van der Waals surface area contributed by atoms with E-state index in [-0.39, 0.29) is 16.7 Å². The zero-order valence-electron chi connectivity index (χ0n) is 22.2. The van der Waals surface area contributed by atoms with Crippen LogP contribution in [0.4, 0.5) is 0 Å². The predicted octanol–water partition coefficient (Wildman–Crippen LogP) is 7.88. The van der Waals surface area contributed by atoms with E-state index >= 15 is 0 Å². The highest BCUT2D eigenvalue weighted by molar-refractivity contribution is 7.00. The summed E-state index contributed by atoms with van der Waals surface area (Å²) in [6.07, 6.45) is 0. The van der Waals surface area contributed by atoms with Gasteiger partial charge in [-0.1, -0.05) is 54.6 Å². The van der Waals surface area contributed by atoms with Crippen LogP contribution in [0.25, 0.3) is 66.2 Å². The third-order valence-corrected chi connectivity index (χ3v) is 7.97. The van der Waals surface area contributed by atoms with Crippen molar-refractivity contribution in [2.45, 2.75) is 0 Å². The van der Waals surface area contributed by atoms with Crippen LogP contribution in [-0.4, -0.2) is 13.7 Å². The monoisotopic (exact) mass is 565 g/mol. The molecule has 0 aliphatic carbocycles. The van der Waals surface area contributed by atoms with E-state index in [1.165, 1.54) is 12.1 Å². The van der Waals surface area contributed by atoms with Crippen molar-refractivity contribution in [3.63, 3.8) is 0 Å². The molecule has 8 heteroatoms. The number of rotatable bonds is 3. The molecule has 0 saturated heterocycles. The Labute approximate surface area is 249 Å². The largest absolute Gasteiger partial charge is 0.247 e. The van der Waals surface area contributed by atoms with E-state index in [0.29, 0.717) is 27.9 Å². The minimum absolute atomic E-state index is 0.233. The Balaban J connectivity index is 1.61.